The van der Waals surface area contributed by atoms with Gasteiger partial charge in [-0.15, -0.1) is 0 Å². The van der Waals surface area contributed by atoms with Crippen LogP contribution in [0.15, 0.2) is 24.3 Å². The molecule has 1 aromatic heterocycles. The summed E-state index contributed by atoms with van der Waals surface area (Å²) in [5, 5.41) is 2.84. The Morgan fingerprint density at radius 3 is 2.71 bits per heavy atom. The lowest BCUT2D eigenvalue weighted by Crippen LogP contribution is -2.24. The summed E-state index contributed by atoms with van der Waals surface area (Å²) in [4.78, 5) is 16.6. The molecule has 0 saturated heterocycles. The van der Waals surface area contributed by atoms with Gasteiger partial charge in [-0.1, -0.05) is 0 Å². The fourth-order valence-electron chi connectivity index (χ4n) is 2.76. The maximum absolute atomic E-state index is 12.8. The van der Waals surface area contributed by atoms with Crippen molar-refractivity contribution in [3.63, 3.8) is 0 Å². The van der Waals surface area contributed by atoms with Gasteiger partial charge >= 0.3 is 0 Å². The summed E-state index contributed by atoms with van der Waals surface area (Å²) in [5.74, 6) is 0.316. The Kier molecular flexibility index (Phi) is 3.73. The van der Waals surface area contributed by atoms with Crippen LogP contribution in [0.3, 0.4) is 0 Å². The molecule has 3 rings (SSSR count). The lowest BCUT2D eigenvalue weighted by atomic mass is 10.0. The smallest absolute Gasteiger partial charge is 0.251 e. The van der Waals surface area contributed by atoms with Gasteiger partial charge in [0.25, 0.3) is 5.91 Å². The van der Waals surface area contributed by atoms with Crippen molar-refractivity contribution in [2.45, 2.75) is 32.2 Å². The van der Waals surface area contributed by atoms with Gasteiger partial charge in [0, 0.05) is 18.3 Å². The minimum absolute atomic E-state index is 0.212. The molecule has 1 amide bonds. The van der Waals surface area contributed by atoms with E-state index in [9.17, 15) is 9.18 Å². The third-order valence-electron chi connectivity index (χ3n) is 3.98. The molecule has 2 aromatic rings. The molecular formula is C16H18FN3O. The van der Waals surface area contributed by atoms with E-state index in [1.807, 2.05) is 7.05 Å². The molecule has 0 unspecified atom stereocenters. The molecule has 0 aliphatic heterocycles. The van der Waals surface area contributed by atoms with E-state index in [0.717, 1.165) is 24.4 Å². The van der Waals surface area contributed by atoms with Crippen molar-refractivity contribution in [3.8, 4) is 0 Å². The number of carbonyl (C=O) groups is 1. The maximum atomic E-state index is 12.8. The van der Waals surface area contributed by atoms with Crippen molar-refractivity contribution in [2.75, 3.05) is 0 Å². The molecule has 21 heavy (non-hydrogen) atoms. The first kappa shape index (κ1) is 13.8. The van der Waals surface area contributed by atoms with Gasteiger partial charge in [-0.05, 0) is 49.9 Å². The van der Waals surface area contributed by atoms with E-state index in [0.29, 0.717) is 12.1 Å². The Bertz CT molecular complexity index is 661. The van der Waals surface area contributed by atoms with Crippen molar-refractivity contribution >= 4 is 5.91 Å². The second-order valence-corrected chi connectivity index (χ2v) is 5.38. The average Bonchev–Trinajstić information content (AvgIpc) is 2.82. The van der Waals surface area contributed by atoms with Crippen LogP contribution in [0.1, 0.15) is 40.4 Å². The van der Waals surface area contributed by atoms with Gasteiger partial charge in [0.2, 0.25) is 0 Å². The molecule has 5 heteroatoms. The molecule has 0 radical (unpaired) electrons. The molecular weight excluding hydrogens is 269 g/mol. The van der Waals surface area contributed by atoms with Gasteiger partial charge in [0.15, 0.2) is 0 Å². The van der Waals surface area contributed by atoms with Crippen LogP contribution in [-0.2, 0) is 26.4 Å². The topological polar surface area (TPSA) is 46.9 Å². The first-order valence-corrected chi connectivity index (χ1v) is 7.22. The normalized spacial score (nSPS) is 13.8. The predicted octanol–water partition coefficient (Wildman–Crippen LogP) is 2.37. The van der Waals surface area contributed by atoms with E-state index in [1.165, 1.54) is 42.8 Å². The summed E-state index contributed by atoms with van der Waals surface area (Å²) in [6, 6.07) is 5.53. The van der Waals surface area contributed by atoms with E-state index >= 15 is 0 Å². The lowest BCUT2D eigenvalue weighted by molar-refractivity contribution is 0.0949. The largest absolute Gasteiger partial charge is 0.345 e. The van der Waals surface area contributed by atoms with E-state index in [-0.39, 0.29) is 11.7 Å². The molecule has 4 nitrogen and oxygen atoms in total. The zero-order valence-corrected chi connectivity index (χ0v) is 12.0. The van der Waals surface area contributed by atoms with Crippen molar-refractivity contribution in [1.29, 1.82) is 0 Å². The molecule has 1 aromatic carbocycles. The molecule has 0 bridgehead atoms. The van der Waals surface area contributed by atoms with E-state index < -0.39 is 0 Å². The van der Waals surface area contributed by atoms with Crippen molar-refractivity contribution in [2.24, 2.45) is 7.05 Å². The third kappa shape index (κ3) is 2.82. The monoisotopic (exact) mass is 287 g/mol. The highest BCUT2D eigenvalue weighted by molar-refractivity contribution is 5.94. The Morgan fingerprint density at radius 1 is 1.29 bits per heavy atom. The molecule has 0 spiro atoms. The van der Waals surface area contributed by atoms with Crippen LogP contribution in [0.4, 0.5) is 4.39 Å². The highest BCUT2D eigenvalue weighted by Gasteiger charge is 2.18. The van der Waals surface area contributed by atoms with Gasteiger partial charge < -0.3 is 9.88 Å². The van der Waals surface area contributed by atoms with E-state index in [2.05, 4.69) is 14.9 Å². The quantitative estimate of drug-likeness (QED) is 0.942. The molecule has 0 fully saturated rings. The maximum Gasteiger partial charge on any atom is 0.251 e. The number of halogens is 1. The van der Waals surface area contributed by atoms with Crippen LogP contribution >= 0.6 is 0 Å². The Hall–Kier alpha value is -2.17. The standard InChI is InChI=1S/C16H18FN3O/c1-20-14-5-3-2-4-13(14)19-15(20)10-18-16(21)11-6-8-12(17)9-7-11/h6-9H,2-5,10H2,1H3,(H,18,21). The molecule has 1 aliphatic carbocycles. The number of fused-ring (bicyclic) bond motifs is 1. The van der Waals surface area contributed by atoms with Gasteiger partial charge in [0.1, 0.15) is 11.6 Å². The van der Waals surface area contributed by atoms with Crippen LogP contribution in [0.5, 0.6) is 0 Å². The third-order valence-corrected chi connectivity index (χ3v) is 3.98. The molecule has 110 valence electrons. The number of imidazole rings is 1. The number of nitrogens with one attached hydrogen (secondary N) is 1. The minimum Gasteiger partial charge on any atom is -0.345 e. The number of aromatic nitrogens is 2. The summed E-state index contributed by atoms with van der Waals surface area (Å²) in [5.41, 5.74) is 2.90. The summed E-state index contributed by atoms with van der Waals surface area (Å²) < 4.78 is 14.9. The van der Waals surface area contributed by atoms with E-state index in [4.69, 9.17) is 0 Å². The lowest BCUT2D eigenvalue weighted by Gasteiger charge is -2.11. The van der Waals surface area contributed by atoms with Gasteiger partial charge in [-0.25, -0.2) is 9.37 Å². The first-order chi connectivity index (χ1) is 10.1. The number of rotatable bonds is 3. The number of hydrogen-bond acceptors (Lipinski definition) is 2. The van der Waals surface area contributed by atoms with Gasteiger partial charge in [-0.2, -0.15) is 0 Å². The Morgan fingerprint density at radius 2 is 2.00 bits per heavy atom. The molecule has 1 N–H and O–H groups in total. The summed E-state index contributed by atoms with van der Waals surface area (Å²) >= 11 is 0. The zero-order valence-electron chi connectivity index (χ0n) is 12.0. The van der Waals surface area contributed by atoms with Gasteiger partial charge in [0.05, 0.1) is 12.2 Å². The number of amides is 1. The van der Waals surface area contributed by atoms with Crippen molar-refractivity contribution < 1.29 is 9.18 Å². The number of benzene rings is 1. The van der Waals surface area contributed by atoms with Gasteiger partial charge in [-0.3, -0.25) is 4.79 Å². The summed E-state index contributed by atoms with van der Waals surface area (Å²) in [6.45, 7) is 0.389. The number of aryl methyl sites for hydroxylation is 1. The van der Waals surface area contributed by atoms with Crippen LogP contribution in [-0.4, -0.2) is 15.5 Å². The van der Waals surface area contributed by atoms with E-state index in [1.54, 1.807) is 0 Å². The molecule has 0 saturated carbocycles. The number of hydrogen-bond donors (Lipinski definition) is 1. The fraction of sp³-hybridized carbons (Fsp3) is 0.375. The SMILES string of the molecule is Cn1c(CNC(=O)c2ccc(F)cc2)nc2c1CCCC2. The summed E-state index contributed by atoms with van der Waals surface area (Å²) in [7, 11) is 2.00. The minimum atomic E-state index is -0.344. The van der Waals surface area contributed by atoms with Crippen LogP contribution in [0.2, 0.25) is 0 Å². The highest BCUT2D eigenvalue weighted by atomic mass is 19.1. The second-order valence-electron chi connectivity index (χ2n) is 5.38. The zero-order chi connectivity index (χ0) is 14.8. The Labute approximate surface area is 123 Å². The Balaban J connectivity index is 1.69. The second kappa shape index (κ2) is 5.68. The first-order valence-electron chi connectivity index (χ1n) is 7.22. The molecule has 1 aliphatic rings. The van der Waals surface area contributed by atoms with Crippen LogP contribution in [0, 0.1) is 5.82 Å². The summed E-state index contributed by atoms with van der Waals surface area (Å²) in [6.07, 6.45) is 4.47. The number of nitrogens with zero attached hydrogens (tertiary/aromatic N) is 2. The molecule has 1 heterocycles. The predicted molar refractivity (Wildman–Crippen MR) is 77.4 cm³/mol. The molecule has 0 atom stereocenters. The van der Waals surface area contributed by atoms with Crippen molar-refractivity contribution in [3.05, 3.63) is 52.9 Å². The average molecular weight is 287 g/mol. The fourth-order valence-corrected chi connectivity index (χ4v) is 2.76. The van der Waals surface area contributed by atoms with Crippen molar-refractivity contribution in [1.82, 2.24) is 14.9 Å². The van der Waals surface area contributed by atoms with Crippen LogP contribution in [0.25, 0.3) is 0 Å². The highest BCUT2D eigenvalue weighted by Crippen LogP contribution is 2.21. The number of carbonyl (C=O) groups excluding carboxylic acids is 1. The van der Waals surface area contributed by atoms with Crippen LogP contribution < -0.4 is 5.32 Å².